The summed E-state index contributed by atoms with van der Waals surface area (Å²) in [5.41, 5.74) is 2.00. The lowest BCUT2D eigenvalue weighted by Crippen LogP contribution is -2.57. The summed E-state index contributed by atoms with van der Waals surface area (Å²) < 4.78 is 1.86. The van der Waals surface area contributed by atoms with Crippen molar-refractivity contribution in [2.45, 2.75) is 18.9 Å². The van der Waals surface area contributed by atoms with Crippen LogP contribution in [0.25, 0.3) is 5.52 Å². The van der Waals surface area contributed by atoms with E-state index in [-0.39, 0.29) is 11.9 Å². The molecular formula is C17H18N4O. The van der Waals surface area contributed by atoms with Crippen molar-refractivity contribution < 1.29 is 4.79 Å². The van der Waals surface area contributed by atoms with Crippen LogP contribution >= 0.6 is 0 Å². The molecule has 5 nitrogen and oxygen atoms in total. The molecule has 0 spiro atoms. The van der Waals surface area contributed by atoms with Crippen LogP contribution in [0.5, 0.6) is 0 Å². The van der Waals surface area contributed by atoms with Crippen molar-refractivity contribution in [1.82, 2.24) is 14.6 Å². The highest BCUT2D eigenvalue weighted by molar-refractivity contribution is 5.95. The SMILES string of the molecule is N#Cc1ccn2ccc(C(=O)N[C@H]3CN4CCC3CC4)cc12. The first kappa shape index (κ1) is 13.4. The monoisotopic (exact) mass is 294 g/mol. The minimum Gasteiger partial charge on any atom is -0.348 e. The van der Waals surface area contributed by atoms with Gasteiger partial charge in [0.05, 0.1) is 11.1 Å². The van der Waals surface area contributed by atoms with Crippen molar-refractivity contribution in [1.29, 1.82) is 5.26 Å². The Morgan fingerprint density at radius 1 is 1.27 bits per heavy atom. The van der Waals surface area contributed by atoms with Gasteiger partial charge < -0.3 is 14.6 Å². The van der Waals surface area contributed by atoms with Crippen LogP contribution in [-0.4, -0.2) is 40.9 Å². The quantitative estimate of drug-likeness (QED) is 0.916. The molecule has 5 rings (SSSR count). The first-order valence-electron chi connectivity index (χ1n) is 7.78. The van der Waals surface area contributed by atoms with Gasteiger partial charge in [-0.3, -0.25) is 4.79 Å². The first-order valence-corrected chi connectivity index (χ1v) is 7.78. The Morgan fingerprint density at radius 2 is 2.05 bits per heavy atom. The minimum atomic E-state index is -0.0358. The molecule has 2 aromatic rings. The Morgan fingerprint density at radius 3 is 2.73 bits per heavy atom. The van der Waals surface area contributed by atoms with E-state index in [2.05, 4.69) is 16.3 Å². The molecule has 5 heteroatoms. The van der Waals surface area contributed by atoms with Gasteiger partial charge in [-0.05, 0) is 50.0 Å². The highest BCUT2D eigenvalue weighted by Gasteiger charge is 2.34. The lowest BCUT2D eigenvalue weighted by atomic mass is 9.84. The minimum absolute atomic E-state index is 0.0358. The zero-order chi connectivity index (χ0) is 15.1. The number of piperidine rings is 3. The van der Waals surface area contributed by atoms with Gasteiger partial charge in [0.15, 0.2) is 0 Å². The highest BCUT2D eigenvalue weighted by atomic mass is 16.1. The second-order valence-electron chi connectivity index (χ2n) is 6.27. The van der Waals surface area contributed by atoms with Crippen molar-refractivity contribution in [3.05, 3.63) is 41.7 Å². The van der Waals surface area contributed by atoms with E-state index in [1.165, 1.54) is 25.9 Å². The average Bonchev–Trinajstić information content (AvgIpc) is 2.98. The van der Waals surface area contributed by atoms with Crippen LogP contribution in [-0.2, 0) is 0 Å². The summed E-state index contributed by atoms with van der Waals surface area (Å²) in [6.07, 6.45) is 6.03. The fourth-order valence-corrected chi connectivity index (χ4v) is 3.71. The summed E-state index contributed by atoms with van der Waals surface area (Å²) in [5, 5.41) is 12.3. The Balaban J connectivity index is 1.56. The van der Waals surface area contributed by atoms with E-state index >= 15 is 0 Å². The fraction of sp³-hybridized carbons (Fsp3) is 0.412. The molecule has 2 bridgehead atoms. The van der Waals surface area contributed by atoms with Gasteiger partial charge in [0.25, 0.3) is 5.91 Å². The molecule has 0 radical (unpaired) electrons. The molecule has 0 saturated carbocycles. The summed E-state index contributed by atoms with van der Waals surface area (Å²) in [7, 11) is 0. The molecule has 3 fully saturated rings. The van der Waals surface area contributed by atoms with E-state index in [0.29, 0.717) is 17.0 Å². The van der Waals surface area contributed by atoms with Gasteiger partial charge in [-0.15, -0.1) is 0 Å². The number of rotatable bonds is 2. The molecular weight excluding hydrogens is 276 g/mol. The molecule has 2 aromatic heterocycles. The predicted molar refractivity (Wildman–Crippen MR) is 82.5 cm³/mol. The van der Waals surface area contributed by atoms with E-state index in [9.17, 15) is 4.79 Å². The zero-order valence-electron chi connectivity index (χ0n) is 12.3. The van der Waals surface area contributed by atoms with Crippen molar-refractivity contribution in [3.63, 3.8) is 0 Å². The molecule has 0 aliphatic carbocycles. The van der Waals surface area contributed by atoms with Crippen molar-refractivity contribution >= 4 is 11.4 Å². The number of hydrogen-bond donors (Lipinski definition) is 1. The van der Waals surface area contributed by atoms with Gasteiger partial charge in [0, 0.05) is 30.5 Å². The van der Waals surface area contributed by atoms with E-state index in [4.69, 9.17) is 5.26 Å². The molecule has 5 heterocycles. The Labute approximate surface area is 129 Å². The summed E-state index contributed by atoms with van der Waals surface area (Å²) in [6.45, 7) is 3.30. The largest absolute Gasteiger partial charge is 0.348 e. The van der Waals surface area contributed by atoms with Crippen LogP contribution in [0.1, 0.15) is 28.8 Å². The summed E-state index contributed by atoms with van der Waals surface area (Å²) in [6, 6.07) is 7.80. The second kappa shape index (κ2) is 5.15. The van der Waals surface area contributed by atoms with E-state index < -0.39 is 0 Å². The normalized spacial score (nSPS) is 26.8. The maximum atomic E-state index is 12.5. The van der Waals surface area contributed by atoms with Crippen LogP contribution in [0.2, 0.25) is 0 Å². The lowest BCUT2D eigenvalue weighted by Gasteiger charge is -2.44. The number of pyridine rings is 1. The molecule has 22 heavy (non-hydrogen) atoms. The summed E-state index contributed by atoms with van der Waals surface area (Å²) in [4.78, 5) is 15.0. The number of carbonyl (C=O) groups excluding carboxylic acids is 1. The van der Waals surface area contributed by atoms with Crippen LogP contribution < -0.4 is 5.32 Å². The molecule has 3 aliphatic rings. The maximum Gasteiger partial charge on any atom is 0.251 e. The number of carbonyl (C=O) groups is 1. The van der Waals surface area contributed by atoms with Gasteiger partial charge in [-0.2, -0.15) is 5.26 Å². The van der Waals surface area contributed by atoms with Crippen LogP contribution in [0.3, 0.4) is 0 Å². The number of nitrogens with zero attached hydrogens (tertiary/aromatic N) is 3. The second-order valence-corrected chi connectivity index (χ2v) is 6.27. The predicted octanol–water partition coefficient (Wildman–Crippen LogP) is 1.63. The molecule has 3 aliphatic heterocycles. The third-order valence-electron chi connectivity index (χ3n) is 5.02. The van der Waals surface area contributed by atoms with E-state index in [1.807, 2.05) is 22.9 Å². The molecule has 1 N–H and O–H groups in total. The van der Waals surface area contributed by atoms with Crippen molar-refractivity contribution in [3.8, 4) is 6.07 Å². The Bertz CT molecular complexity index is 765. The number of nitriles is 1. The fourth-order valence-electron chi connectivity index (χ4n) is 3.71. The number of amides is 1. The van der Waals surface area contributed by atoms with Gasteiger partial charge in [0.2, 0.25) is 0 Å². The maximum absolute atomic E-state index is 12.5. The van der Waals surface area contributed by atoms with E-state index in [1.54, 1.807) is 12.1 Å². The van der Waals surface area contributed by atoms with Gasteiger partial charge in [0.1, 0.15) is 6.07 Å². The summed E-state index contributed by atoms with van der Waals surface area (Å²) >= 11 is 0. The smallest absolute Gasteiger partial charge is 0.251 e. The van der Waals surface area contributed by atoms with Crippen LogP contribution in [0.15, 0.2) is 30.6 Å². The number of hydrogen-bond acceptors (Lipinski definition) is 3. The third kappa shape index (κ3) is 2.16. The van der Waals surface area contributed by atoms with Crippen molar-refractivity contribution in [2.24, 2.45) is 5.92 Å². The Hall–Kier alpha value is -2.32. The number of aromatic nitrogens is 1. The molecule has 1 amide bonds. The third-order valence-corrected chi connectivity index (χ3v) is 5.02. The average molecular weight is 294 g/mol. The van der Waals surface area contributed by atoms with Gasteiger partial charge in [-0.25, -0.2) is 0 Å². The van der Waals surface area contributed by atoms with Crippen LogP contribution in [0, 0.1) is 17.2 Å². The van der Waals surface area contributed by atoms with Gasteiger partial charge in [-0.1, -0.05) is 0 Å². The molecule has 0 aromatic carbocycles. The summed E-state index contributed by atoms with van der Waals surface area (Å²) in [5.74, 6) is 0.576. The number of nitrogens with one attached hydrogen (secondary N) is 1. The van der Waals surface area contributed by atoms with E-state index in [0.717, 1.165) is 12.1 Å². The standard InChI is InChI=1S/C17H18N4O/c18-10-14-4-8-21-7-3-13(9-16(14)21)17(22)19-15-11-20-5-1-12(15)2-6-20/h3-4,7-9,12,15H,1-2,5-6,11H2,(H,19,22)/t15-/m0/s1. The highest BCUT2D eigenvalue weighted by Crippen LogP contribution is 2.27. The van der Waals surface area contributed by atoms with Gasteiger partial charge >= 0.3 is 0 Å². The molecule has 112 valence electrons. The zero-order valence-corrected chi connectivity index (χ0v) is 12.3. The Kier molecular flexibility index (Phi) is 3.12. The molecule has 1 atom stereocenters. The first-order chi connectivity index (χ1) is 10.7. The molecule has 3 saturated heterocycles. The molecule has 0 unspecified atom stereocenters. The lowest BCUT2D eigenvalue weighted by molar-refractivity contribution is 0.0620. The van der Waals surface area contributed by atoms with Crippen molar-refractivity contribution in [2.75, 3.05) is 19.6 Å². The topological polar surface area (TPSA) is 60.5 Å². The number of fused-ring (bicyclic) bond motifs is 4. The van der Waals surface area contributed by atoms with Crippen LogP contribution in [0.4, 0.5) is 0 Å².